The highest BCUT2D eigenvalue weighted by Gasteiger charge is 2.37. The van der Waals surface area contributed by atoms with Gasteiger partial charge in [-0.25, -0.2) is 0 Å². The van der Waals surface area contributed by atoms with Crippen molar-refractivity contribution < 1.29 is 4.74 Å². The topological polar surface area (TPSA) is 35.2 Å². The van der Waals surface area contributed by atoms with E-state index in [1.807, 2.05) is 6.07 Å². The molecule has 2 atom stereocenters. The molecule has 2 N–H and O–H groups in total. The van der Waals surface area contributed by atoms with E-state index in [2.05, 4.69) is 50.2 Å². The van der Waals surface area contributed by atoms with Gasteiger partial charge in [0.2, 0.25) is 0 Å². The molecule has 0 bridgehead atoms. The summed E-state index contributed by atoms with van der Waals surface area (Å²) < 4.78 is 5.32. The maximum absolute atomic E-state index is 6.91. The number of rotatable bonds is 2. The monoisotopic (exact) mass is 281 g/mol. The van der Waals surface area contributed by atoms with Crippen LogP contribution in [-0.2, 0) is 5.54 Å². The number of aryl methyl sites for hydroxylation is 1. The Morgan fingerprint density at radius 1 is 1.14 bits per heavy atom. The van der Waals surface area contributed by atoms with E-state index < -0.39 is 0 Å². The van der Waals surface area contributed by atoms with Crippen LogP contribution >= 0.6 is 0 Å². The molecule has 2 unspecified atom stereocenters. The van der Waals surface area contributed by atoms with Crippen molar-refractivity contribution >= 4 is 0 Å². The van der Waals surface area contributed by atoms with Crippen molar-refractivity contribution in [2.24, 2.45) is 5.73 Å². The van der Waals surface area contributed by atoms with Gasteiger partial charge in [-0.15, -0.1) is 0 Å². The highest BCUT2D eigenvalue weighted by atomic mass is 16.5. The van der Waals surface area contributed by atoms with Crippen molar-refractivity contribution in [1.82, 2.24) is 0 Å². The number of hydrogen-bond acceptors (Lipinski definition) is 2. The first kappa shape index (κ1) is 14.2. The first-order valence-electron chi connectivity index (χ1n) is 7.59. The number of hydrogen-bond donors (Lipinski definition) is 1. The summed E-state index contributed by atoms with van der Waals surface area (Å²) in [7, 11) is 1.70. The third-order valence-electron chi connectivity index (χ3n) is 4.86. The SMILES string of the molecule is COc1ccc(C2(N)CCC(C)c3ccccc32)c(C)c1. The van der Waals surface area contributed by atoms with Gasteiger partial charge in [0.25, 0.3) is 0 Å². The molecule has 110 valence electrons. The van der Waals surface area contributed by atoms with Crippen molar-refractivity contribution in [3.05, 3.63) is 64.7 Å². The number of ether oxygens (including phenoxy) is 1. The van der Waals surface area contributed by atoms with Gasteiger partial charge in [-0.1, -0.05) is 37.3 Å². The fourth-order valence-electron chi connectivity index (χ4n) is 3.61. The Kier molecular flexibility index (Phi) is 3.50. The quantitative estimate of drug-likeness (QED) is 0.899. The highest BCUT2D eigenvalue weighted by molar-refractivity contribution is 5.49. The van der Waals surface area contributed by atoms with Gasteiger partial charge < -0.3 is 10.5 Å². The summed E-state index contributed by atoms with van der Waals surface area (Å²) in [6.07, 6.45) is 2.11. The summed E-state index contributed by atoms with van der Waals surface area (Å²) in [4.78, 5) is 0. The van der Waals surface area contributed by atoms with Crippen LogP contribution in [-0.4, -0.2) is 7.11 Å². The molecule has 2 heteroatoms. The summed E-state index contributed by atoms with van der Waals surface area (Å²) in [5, 5.41) is 0. The normalized spacial score (nSPS) is 24.5. The second kappa shape index (κ2) is 5.19. The Morgan fingerprint density at radius 3 is 2.62 bits per heavy atom. The summed E-state index contributed by atoms with van der Waals surface area (Å²) in [5.41, 5.74) is 11.6. The minimum Gasteiger partial charge on any atom is -0.497 e. The summed E-state index contributed by atoms with van der Waals surface area (Å²) in [6.45, 7) is 4.41. The Bertz CT molecular complexity index is 664. The average Bonchev–Trinajstić information content (AvgIpc) is 2.51. The molecule has 0 radical (unpaired) electrons. The van der Waals surface area contributed by atoms with Crippen molar-refractivity contribution in [2.75, 3.05) is 7.11 Å². The molecule has 0 spiro atoms. The van der Waals surface area contributed by atoms with Gasteiger partial charge in [0.05, 0.1) is 12.6 Å². The van der Waals surface area contributed by atoms with Gasteiger partial charge in [0.1, 0.15) is 5.75 Å². The lowest BCUT2D eigenvalue weighted by atomic mass is 9.69. The van der Waals surface area contributed by atoms with Crippen LogP contribution in [0.25, 0.3) is 0 Å². The minimum absolute atomic E-state index is 0.389. The zero-order valence-corrected chi connectivity index (χ0v) is 13.0. The lowest BCUT2D eigenvalue weighted by Crippen LogP contribution is -2.42. The predicted molar refractivity (Wildman–Crippen MR) is 86.8 cm³/mol. The van der Waals surface area contributed by atoms with E-state index in [9.17, 15) is 0 Å². The van der Waals surface area contributed by atoms with Crippen LogP contribution in [0.1, 0.15) is 47.9 Å². The van der Waals surface area contributed by atoms with Crippen LogP contribution in [0.5, 0.6) is 5.75 Å². The fraction of sp³-hybridized carbons (Fsp3) is 0.368. The van der Waals surface area contributed by atoms with Gasteiger partial charge in [0, 0.05) is 0 Å². The van der Waals surface area contributed by atoms with Crippen molar-refractivity contribution in [1.29, 1.82) is 0 Å². The van der Waals surface area contributed by atoms with Crippen molar-refractivity contribution in [3.8, 4) is 5.75 Å². The molecule has 0 aliphatic heterocycles. The zero-order chi connectivity index (χ0) is 15.0. The maximum atomic E-state index is 6.91. The van der Waals surface area contributed by atoms with Crippen LogP contribution in [0.2, 0.25) is 0 Å². The molecule has 2 aromatic carbocycles. The van der Waals surface area contributed by atoms with E-state index >= 15 is 0 Å². The molecular weight excluding hydrogens is 258 g/mol. The van der Waals surface area contributed by atoms with E-state index in [0.29, 0.717) is 5.92 Å². The molecule has 21 heavy (non-hydrogen) atoms. The second-order valence-electron chi connectivity index (χ2n) is 6.18. The molecule has 0 amide bonds. The summed E-state index contributed by atoms with van der Waals surface area (Å²) in [5.74, 6) is 1.47. The first-order chi connectivity index (χ1) is 10.1. The fourth-order valence-corrected chi connectivity index (χ4v) is 3.61. The molecule has 0 aromatic heterocycles. The van der Waals surface area contributed by atoms with Gasteiger partial charge >= 0.3 is 0 Å². The summed E-state index contributed by atoms with van der Waals surface area (Å²) in [6, 6.07) is 14.8. The van der Waals surface area contributed by atoms with Crippen LogP contribution in [0.4, 0.5) is 0 Å². The third kappa shape index (κ3) is 2.24. The van der Waals surface area contributed by atoms with Crippen LogP contribution in [0.15, 0.2) is 42.5 Å². The van der Waals surface area contributed by atoms with E-state index in [1.165, 1.54) is 22.3 Å². The Balaban J connectivity index is 2.16. The standard InChI is InChI=1S/C19H23NO/c1-13-10-11-19(20,18-7-5-4-6-16(13)18)17-9-8-15(21-3)12-14(17)2/h4-9,12-13H,10-11,20H2,1-3H3. The van der Waals surface area contributed by atoms with E-state index in [-0.39, 0.29) is 5.54 Å². The largest absolute Gasteiger partial charge is 0.497 e. The number of methoxy groups -OCH3 is 1. The van der Waals surface area contributed by atoms with Gasteiger partial charge in [0.15, 0.2) is 0 Å². The lowest BCUT2D eigenvalue weighted by Gasteiger charge is -2.39. The zero-order valence-electron chi connectivity index (χ0n) is 13.0. The molecule has 0 saturated heterocycles. The molecular formula is C19H23NO. The molecule has 2 nitrogen and oxygen atoms in total. The smallest absolute Gasteiger partial charge is 0.119 e. The maximum Gasteiger partial charge on any atom is 0.119 e. The highest BCUT2D eigenvalue weighted by Crippen LogP contribution is 2.44. The van der Waals surface area contributed by atoms with Gasteiger partial charge in [-0.2, -0.15) is 0 Å². The first-order valence-corrected chi connectivity index (χ1v) is 7.59. The van der Waals surface area contributed by atoms with Gasteiger partial charge in [-0.3, -0.25) is 0 Å². The van der Waals surface area contributed by atoms with Crippen LogP contribution in [0.3, 0.4) is 0 Å². The predicted octanol–water partition coefficient (Wildman–Crippen LogP) is 4.10. The second-order valence-corrected chi connectivity index (χ2v) is 6.18. The van der Waals surface area contributed by atoms with Crippen molar-refractivity contribution in [2.45, 2.75) is 38.1 Å². The molecule has 2 aromatic rings. The molecule has 1 aliphatic carbocycles. The Morgan fingerprint density at radius 2 is 1.90 bits per heavy atom. The van der Waals surface area contributed by atoms with E-state index in [1.54, 1.807) is 7.11 Å². The number of fused-ring (bicyclic) bond motifs is 1. The molecule has 0 heterocycles. The van der Waals surface area contributed by atoms with E-state index in [4.69, 9.17) is 10.5 Å². The van der Waals surface area contributed by atoms with Gasteiger partial charge in [-0.05, 0) is 60.1 Å². The molecule has 0 fully saturated rings. The summed E-state index contributed by atoms with van der Waals surface area (Å²) >= 11 is 0. The molecule has 1 aliphatic rings. The minimum atomic E-state index is -0.389. The molecule has 3 rings (SSSR count). The van der Waals surface area contributed by atoms with Crippen LogP contribution < -0.4 is 10.5 Å². The van der Waals surface area contributed by atoms with Crippen molar-refractivity contribution in [3.63, 3.8) is 0 Å². The van der Waals surface area contributed by atoms with E-state index in [0.717, 1.165) is 18.6 Å². The van der Waals surface area contributed by atoms with Crippen LogP contribution in [0, 0.1) is 6.92 Å². The Hall–Kier alpha value is -1.80. The lowest BCUT2D eigenvalue weighted by molar-refractivity contribution is 0.403. The third-order valence-corrected chi connectivity index (χ3v) is 4.86. The number of nitrogens with two attached hydrogens (primary N) is 1. The Labute approximate surface area is 126 Å². The average molecular weight is 281 g/mol. The number of benzene rings is 2. The molecule has 0 saturated carbocycles.